The fourth-order valence-electron chi connectivity index (χ4n) is 5.85. The number of nitrogens with zero attached hydrogens (tertiary/aromatic N) is 2. The van der Waals surface area contributed by atoms with Crippen molar-refractivity contribution in [3.05, 3.63) is 54.2 Å². The molecule has 218 valence electrons. The van der Waals surface area contributed by atoms with E-state index in [-0.39, 0.29) is 6.42 Å². The number of aromatic nitrogens is 2. The van der Waals surface area contributed by atoms with E-state index in [4.69, 9.17) is 4.98 Å². The van der Waals surface area contributed by atoms with E-state index in [2.05, 4.69) is 65.7 Å². The van der Waals surface area contributed by atoms with Crippen LogP contribution >= 0.6 is 0 Å². The van der Waals surface area contributed by atoms with Crippen LogP contribution in [0.25, 0.3) is 32.7 Å². The number of rotatable bonds is 20. The molecule has 2 aromatic carbocycles. The predicted octanol–water partition coefficient (Wildman–Crippen LogP) is 11.0. The van der Waals surface area contributed by atoms with E-state index in [1.54, 1.807) is 0 Å². The molecule has 4 aromatic rings. The Hall–Kier alpha value is -2.69. The number of nitrogens with one attached hydrogen (secondary N) is 1. The molecule has 0 amide bonds. The number of unbranched alkanes of at least 4 members (excludes halogenated alkanes) is 13. The van der Waals surface area contributed by atoms with Crippen molar-refractivity contribution in [2.75, 3.05) is 12.0 Å². The first-order chi connectivity index (χ1) is 19.7. The van der Waals surface area contributed by atoms with E-state index in [1.807, 2.05) is 0 Å². The molecule has 0 aliphatic rings. The molecule has 5 heteroatoms. The smallest absolute Gasteiger partial charge is 0.238 e. The number of halogens is 2. The summed E-state index contributed by atoms with van der Waals surface area (Å²) in [6.45, 7) is 3.26. The fraction of sp³-hybridized carbons (Fsp3) is 0.571. The Morgan fingerprint density at radius 1 is 0.725 bits per heavy atom. The Balaban J connectivity index is 1.37. The van der Waals surface area contributed by atoms with Gasteiger partial charge >= 0.3 is 0 Å². The summed E-state index contributed by atoms with van der Waals surface area (Å²) in [7, 11) is 0. The molecule has 0 saturated carbocycles. The van der Waals surface area contributed by atoms with E-state index in [9.17, 15) is 8.78 Å². The number of para-hydroxylation sites is 1. The summed E-state index contributed by atoms with van der Waals surface area (Å²) < 4.78 is 26.8. The highest BCUT2D eigenvalue weighted by atomic mass is 19.3. The number of fused-ring (bicyclic) bond motifs is 3. The predicted molar refractivity (Wildman–Crippen MR) is 168 cm³/mol. The monoisotopic (exact) mass is 549 g/mol. The molecule has 0 saturated heterocycles. The first-order valence-electron chi connectivity index (χ1n) is 16.0. The number of hydrogen-bond donors (Lipinski definition) is 1. The zero-order chi connectivity index (χ0) is 28.0. The number of aryl methyl sites for hydroxylation is 1. The average Bonchev–Trinajstić information content (AvgIpc) is 3.28. The van der Waals surface area contributed by atoms with Crippen molar-refractivity contribution in [1.29, 1.82) is 0 Å². The summed E-state index contributed by atoms with van der Waals surface area (Å²) in [5.74, 6) is 0. The minimum atomic E-state index is -2.15. The summed E-state index contributed by atoms with van der Waals surface area (Å²) in [6.07, 6.45) is 19.2. The second kappa shape index (κ2) is 16.5. The van der Waals surface area contributed by atoms with Gasteiger partial charge in [-0.1, -0.05) is 102 Å². The zero-order valence-corrected chi connectivity index (χ0v) is 24.6. The molecule has 0 fully saturated rings. The maximum atomic E-state index is 12.3. The molecule has 2 heterocycles. The van der Waals surface area contributed by atoms with Crippen LogP contribution in [0.2, 0.25) is 0 Å². The maximum absolute atomic E-state index is 12.3. The third-order valence-electron chi connectivity index (χ3n) is 8.21. The number of alkyl halides is 2. The van der Waals surface area contributed by atoms with E-state index in [0.717, 1.165) is 49.7 Å². The van der Waals surface area contributed by atoms with Crippen LogP contribution in [0.4, 0.5) is 8.78 Å². The van der Waals surface area contributed by atoms with E-state index in [1.165, 1.54) is 91.4 Å². The van der Waals surface area contributed by atoms with Crippen molar-refractivity contribution in [2.24, 2.45) is 0 Å². The average molecular weight is 550 g/mol. The van der Waals surface area contributed by atoms with Gasteiger partial charge in [-0.25, -0.2) is 13.8 Å². The van der Waals surface area contributed by atoms with Crippen LogP contribution in [0.15, 0.2) is 48.7 Å². The standard InChI is InChI=1S/C35H49F2N3/c1-2-3-4-5-6-10-13-18-23-38-40-27-29(20-14-11-8-7-9-12-15-22-35(36)37)31-26-33-30(25-34(31)40)24-28-19-16-17-21-32(28)39-33/h16-17,19,21,24-27,35,38H,2-15,18,20,22-23H2,1H3. The second-order valence-corrected chi connectivity index (χ2v) is 11.6. The van der Waals surface area contributed by atoms with Gasteiger partial charge in [-0.3, -0.25) is 4.68 Å². The van der Waals surface area contributed by atoms with Crippen molar-refractivity contribution < 1.29 is 8.78 Å². The summed E-state index contributed by atoms with van der Waals surface area (Å²) in [5.41, 5.74) is 8.41. The molecular formula is C35H49F2N3. The first-order valence-corrected chi connectivity index (χ1v) is 16.0. The summed E-state index contributed by atoms with van der Waals surface area (Å²) in [5, 5.41) is 3.65. The maximum Gasteiger partial charge on any atom is 0.238 e. The van der Waals surface area contributed by atoms with Crippen LogP contribution in [0.1, 0.15) is 115 Å². The highest BCUT2D eigenvalue weighted by molar-refractivity contribution is 6.01. The first kappa shape index (κ1) is 30.3. The molecule has 0 radical (unpaired) electrons. The lowest BCUT2D eigenvalue weighted by Gasteiger charge is -2.10. The van der Waals surface area contributed by atoms with Crippen molar-refractivity contribution in [3.63, 3.8) is 0 Å². The Morgan fingerprint density at radius 3 is 2.15 bits per heavy atom. The molecule has 2 aromatic heterocycles. The highest BCUT2D eigenvalue weighted by Gasteiger charge is 2.12. The van der Waals surface area contributed by atoms with Crippen LogP contribution in [0.5, 0.6) is 0 Å². The molecule has 0 spiro atoms. The molecule has 40 heavy (non-hydrogen) atoms. The van der Waals surface area contributed by atoms with Crippen molar-refractivity contribution in [3.8, 4) is 0 Å². The van der Waals surface area contributed by atoms with Gasteiger partial charge in [-0.2, -0.15) is 0 Å². The van der Waals surface area contributed by atoms with Gasteiger partial charge in [0.1, 0.15) is 0 Å². The van der Waals surface area contributed by atoms with Gasteiger partial charge in [0.15, 0.2) is 0 Å². The fourth-order valence-corrected chi connectivity index (χ4v) is 5.85. The lowest BCUT2D eigenvalue weighted by atomic mass is 10.0. The Bertz CT molecular complexity index is 1300. The molecule has 0 atom stereocenters. The number of hydrogen-bond acceptors (Lipinski definition) is 2. The molecule has 0 aliphatic carbocycles. The summed E-state index contributed by atoms with van der Waals surface area (Å²) in [4.78, 5) is 4.98. The van der Waals surface area contributed by atoms with Crippen LogP contribution < -0.4 is 5.43 Å². The third kappa shape index (κ3) is 9.17. The number of pyridine rings is 1. The molecule has 4 rings (SSSR count). The van der Waals surface area contributed by atoms with Gasteiger partial charge in [0, 0.05) is 35.3 Å². The van der Waals surface area contributed by atoms with E-state index >= 15 is 0 Å². The van der Waals surface area contributed by atoms with Crippen molar-refractivity contribution in [2.45, 2.75) is 123 Å². The van der Waals surface area contributed by atoms with Crippen LogP contribution in [0.3, 0.4) is 0 Å². The molecule has 1 N–H and O–H groups in total. The lowest BCUT2D eigenvalue weighted by molar-refractivity contribution is 0.133. The minimum Gasteiger partial charge on any atom is -0.326 e. The van der Waals surface area contributed by atoms with E-state index < -0.39 is 6.43 Å². The van der Waals surface area contributed by atoms with Gasteiger partial charge in [-0.05, 0) is 55.5 Å². The van der Waals surface area contributed by atoms with Crippen LogP contribution in [0, 0.1) is 0 Å². The highest BCUT2D eigenvalue weighted by Crippen LogP contribution is 2.29. The number of benzene rings is 2. The summed E-state index contributed by atoms with van der Waals surface area (Å²) >= 11 is 0. The molecule has 0 unspecified atom stereocenters. The van der Waals surface area contributed by atoms with E-state index in [0.29, 0.717) is 6.42 Å². The second-order valence-electron chi connectivity index (χ2n) is 11.6. The van der Waals surface area contributed by atoms with Gasteiger partial charge in [0.2, 0.25) is 6.43 Å². The Labute approximate surface area is 239 Å². The quantitative estimate of drug-likeness (QED) is 0.0877. The SMILES string of the molecule is CCCCCCCCCCNn1cc(CCCCCCCCCC(F)F)c2cc3nc4ccccc4cc3cc21. The van der Waals surface area contributed by atoms with Gasteiger partial charge in [0.05, 0.1) is 16.6 Å². The molecule has 0 bridgehead atoms. The largest absolute Gasteiger partial charge is 0.326 e. The Kier molecular flexibility index (Phi) is 12.5. The molecular weight excluding hydrogens is 500 g/mol. The molecule has 0 aliphatic heterocycles. The third-order valence-corrected chi connectivity index (χ3v) is 8.21. The normalized spacial score (nSPS) is 11.9. The minimum absolute atomic E-state index is 0.0521. The van der Waals surface area contributed by atoms with Crippen LogP contribution in [-0.4, -0.2) is 22.6 Å². The van der Waals surface area contributed by atoms with Gasteiger partial charge < -0.3 is 5.43 Å². The summed E-state index contributed by atoms with van der Waals surface area (Å²) in [6, 6.07) is 15.2. The lowest BCUT2D eigenvalue weighted by Crippen LogP contribution is -2.14. The van der Waals surface area contributed by atoms with Crippen molar-refractivity contribution in [1.82, 2.24) is 9.66 Å². The zero-order valence-electron chi connectivity index (χ0n) is 24.6. The Morgan fingerprint density at radius 2 is 1.40 bits per heavy atom. The van der Waals surface area contributed by atoms with Crippen LogP contribution in [-0.2, 0) is 6.42 Å². The van der Waals surface area contributed by atoms with Gasteiger partial charge in [-0.15, -0.1) is 0 Å². The molecule has 3 nitrogen and oxygen atoms in total. The topological polar surface area (TPSA) is 29.9 Å². The van der Waals surface area contributed by atoms with Crippen molar-refractivity contribution >= 4 is 32.7 Å². The van der Waals surface area contributed by atoms with Gasteiger partial charge in [0.25, 0.3) is 0 Å².